The van der Waals surface area contributed by atoms with Crippen molar-refractivity contribution in [2.75, 3.05) is 5.75 Å². The number of nitrogens with one attached hydrogen (secondary N) is 1. The maximum Gasteiger partial charge on any atom is 0.138 e. The van der Waals surface area contributed by atoms with Crippen LogP contribution in [-0.4, -0.2) is 26.6 Å². The minimum absolute atomic E-state index is 0.133. The number of benzene rings is 1. The molecule has 0 spiro atoms. The van der Waals surface area contributed by atoms with Crippen LogP contribution in [0.3, 0.4) is 0 Å². The number of halogens is 1. The second kappa shape index (κ2) is 7.64. The van der Waals surface area contributed by atoms with Crippen LogP contribution in [0.25, 0.3) is 0 Å². The van der Waals surface area contributed by atoms with Crippen molar-refractivity contribution < 1.29 is 0 Å². The number of nitrogens with two attached hydrogens (primary N) is 1. The number of hydrazine groups is 1. The summed E-state index contributed by atoms with van der Waals surface area (Å²) in [6.45, 7) is 2.86. The van der Waals surface area contributed by atoms with Crippen molar-refractivity contribution >= 4 is 23.4 Å². The van der Waals surface area contributed by atoms with E-state index in [2.05, 4.69) is 15.5 Å². The average Bonchev–Trinajstić information content (AvgIpc) is 2.90. The molecule has 2 aromatic rings. The first-order chi connectivity index (χ1) is 9.72. The summed E-state index contributed by atoms with van der Waals surface area (Å²) in [5, 5.41) is 4.91. The van der Waals surface area contributed by atoms with E-state index in [1.165, 1.54) is 0 Å². The van der Waals surface area contributed by atoms with Gasteiger partial charge in [-0.3, -0.25) is 16.0 Å². The van der Waals surface area contributed by atoms with Crippen molar-refractivity contribution in [3.63, 3.8) is 0 Å². The van der Waals surface area contributed by atoms with Crippen LogP contribution >= 0.6 is 23.4 Å². The lowest BCUT2D eigenvalue weighted by atomic mass is 10.2. The zero-order valence-electron chi connectivity index (χ0n) is 11.3. The fourth-order valence-corrected chi connectivity index (χ4v) is 3.10. The molecular formula is C13H18ClN5S. The predicted molar refractivity (Wildman–Crippen MR) is 82.7 cm³/mol. The molecule has 1 aromatic carbocycles. The van der Waals surface area contributed by atoms with Gasteiger partial charge >= 0.3 is 0 Å². The quantitative estimate of drug-likeness (QED) is 0.466. The molecule has 1 heterocycles. The van der Waals surface area contributed by atoms with E-state index < -0.39 is 0 Å². The van der Waals surface area contributed by atoms with Crippen LogP contribution in [0.15, 0.2) is 35.5 Å². The van der Waals surface area contributed by atoms with Crippen LogP contribution in [-0.2, 0) is 13.0 Å². The summed E-state index contributed by atoms with van der Waals surface area (Å²) in [5.41, 5.74) is 2.84. The van der Waals surface area contributed by atoms with Gasteiger partial charge in [-0.05, 0) is 25.1 Å². The Morgan fingerprint density at radius 3 is 3.05 bits per heavy atom. The first-order valence-corrected chi connectivity index (χ1v) is 7.80. The maximum atomic E-state index is 5.97. The second-order valence-corrected chi connectivity index (χ2v) is 5.86. The van der Waals surface area contributed by atoms with Crippen LogP contribution in [0.5, 0.6) is 0 Å². The predicted octanol–water partition coefficient (Wildman–Crippen LogP) is 2.12. The lowest BCUT2D eigenvalue weighted by molar-refractivity contribution is 0.527. The van der Waals surface area contributed by atoms with Crippen LogP contribution in [0.1, 0.15) is 12.7 Å². The van der Waals surface area contributed by atoms with Crippen LogP contribution in [0.2, 0.25) is 5.02 Å². The minimum Gasteiger partial charge on any atom is -0.271 e. The molecule has 1 atom stereocenters. The zero-order valence-corrected chi connectivity index (χ0v) is 12.9. The van der Waals surface area contributed by atoms with Gasteiger partial charge in [0, 0.05) is 34.7 Å². The van der Waals surface area contributed by atoms with Gasteiger partial charge in [-0.15, -0.1) is 11.8 Å². The van der Waals surface area contributed by atoms with Crippen molar-refractivity contribution in [1.82, 2.24) is 20.2 Å². The first kappa shape index (κ1) is 15.3. The Balaban J connectivity index is 1.92. The lowest BCUT2D eigenvalue weighted by Gasteiger charge is -2.15. The van der Waals surface area contributed by atoms with E-state index in [-0.39, 0.29) is 6.04 Å². The third-order valence-electron chi connectivity index (χ3n) is 2.91. The molecule has 0 aliphatic rings. The van der Waals surface area contributed by atoms with Gasteiger partial charge < -0.3 is 0 Å². The molecule has 20 heavy (non-hydrogen) atoms. The highest BCUT2D eigenvalue weighted by Gasteiger charge is 2.12. The SMILES string of the molecule is CCn1ncnc1CC(CSc1cccc(Cl)c1)NN. The van der Waals surface area contributed by atoms with Gasteiger partial charge in [0.25, 0.3) is 0 Å². The Labute approximate surface area is 127 Å². The van der Waals surface area contributed by atoms with Gasteiger partial charge in [0.05, 0.1) is 0 Å². The maximum absolute atomic E-state index is 5.97. The summed E-state index contributed by atoms with van der Waals surface area (Å²) in [6.07, 6.45) is 2.33. The second-order valence-electron chi connectivity index (χ2n) is 4.33. The molecule has 2 rings (SSSR count). The van der Waals surface area contributed by atoms with E-state index in [9.17, 15) is 0 Å². The fraction of sp³-hybridized carbons (Fsp3) is 0.385. The fourth-order valence-electron chi connectivity index (χ4n) is 1.85. The summed E-state index contributed by atoms with van der Waals surface area (Å²) in [5.74, 6) is 7.42. The molecular weight excluding hydrogens is 294 g/mol. The number of thioether (sulfide) groups is 1. The molecule has 0 radical (unpaired) electrons. The summed E-state index contributed by atoms with van der Waals surface area (Å²) >= 11 is 7.69. The molecule has 0 fully saturated rings. The van der Waals surface area contributed by atoms with Gasteiger partial charge in [-0.25, -0.2) is 4.98 Å². The molecule has 108 valence electrons. The number of hydrogen-bond donors (Lipinski definition) is 2. The number of nitrogens with zero attached hydrogens (tertiary/aromatic N) is 3. The van der Waals surface area contributed by atoms with E-state index in [0.717, 1.165) is 34.5 Å². The minimum atomic E-state index is 0.133. The Kier molecular flexibility index (Phi) is 5.85. The molecule has 1 aromatic heterocycles. The highest BCUT2D eigenvalue weighted by Crippen LogP contribution is 2.22. The van der Waals surface area contributed by atoms with Crippen LogP contribution in [0.4, 0.5) is 0 Å². The van der Waals surface area contributed by atoms with E-state index >= 15 is 0 Å². The van der Waals surface area contributed by atoms with Crippen molar-refractivity contribution in [3.8, 4) is 0 Å². The molecule has 0 bridgehead atoms. The van der Waals surface area contributed by atoms with Crippen molar-refractivity contribution in [2.24, 2.45) is 5.84 Å². The largest absolute Gasteiger partial charge is 0.271 e. The average molecular weight is 312 g/mol. The number of aryl methyl sites for hydroxylation is 1. The number of rotatable bonds is 7. The van der Waals surface area contributed by atoms with Gasteiger partial charge in [-0.2, -0.15) is 5.10 Å². The standard InChI is InChI=1S/C13H18ClN5S/c1-2-19-13(16-9-17-19)7-11(18-15)8-20-12-5-3-4-10(14)6-12/h3-6,9,11,18H,2,7-8,15H2,1H3. The highest BCUT2D eigenvalue weighted by atomic mass is 35.5. The van der Waals surface area contributed by atoms with Gasteiger partial charge in [0.15, 0.2) is 0 Å². The molecule has 3 N–H and O–H groups in total. The molecule has 7 heteroatoms. The Morgan fingerprint density at radius 2 is 2.35 bits per heavy atom. The Bertz CT molecular complexity index is 545. The summed E-state index contributed by atoms with van der Waals surface area (Å²) in [7, 11) is 0. The van der Waals surface area contributed by atoms with E-state index in [1.807, 2.05) is 35.9 Å². The van der Waals surface area contributed by atoms with Gasteiger partial charge in [0.2, 0.25) is 0 Å². The lowest BCUT2D eigenvalue weighted by Crippen LogP contribution is -2.39. The topological polar surface area (TPSA) is 68.8 Å². The van der Waals surface area contributed by atoms with Crippen molar-refractivity contribution in [1.29, 1.82) is 0 Å². The highest BCUT2D eigenvalue weighted by molar-refractivity contribution is 7.99. The van der Waals surface area contributed by atoms with E-state index in [1.54, 1.807) is 18.1 Å². The monoisotopic (exact) mass is 311 g/mol. The molecule has 1 unspecified atom stereocenters. The first-order valence-electron chi connectivity index (χ1n) is 6.44. The van der Waals surface area contributed by atoms with Gasteiger partial charge in [-0.1, -0.05) is 17.7 Å². The molecule has 0 amide bonds. The molecule has 0 saturated carbocycles. The van der Waals surface area contributed by atoms with Crippen LogP contribution in [0, 0.1) is 0 Å². The molecule has 0 saturated heterocycles. The van der Waals surface area contributed by atoms with Gasteiger partial charge in [0.1, 0.15) is 12.2 Å². The Morgan fingerprint density at radius 1 is 1.50 bits per heavy atom. The number of hydrogen-bond acceptors (Lipinski definition) is 5. The van der Waals surface area contributed by atoms with E-state index in [0.29, 0.717) is 0 Å². The smallest absolute Gasteiger partial charge is 0.138 e. The summed E-state index contributed by atoms with van der Waals surface area (Å²) in [6, 6.07) is 7.94. The molecule has 5 nitrogen and oxygen atoms in total. The zero-order chi connectivity index (χ0) is 14.4. The van der Waals surface area contributed by atoms with Crippen molar-refractivity contribution in [2.45, 2.75) is 30.8 Å². The number of aromatic nitrogens is 3. The normalized spacial score (nSPS) is 12.6. The van der Waals surface area contributed by atoms with E-state index in [4.69, 9.17) is 17.4 Å². The Hall–Kier alpha value is -1.08. The summed E-state index contributed by atoms with van der Waals surface area (Å²) < 4.78 is 1.88. The van der Waals surface area contributed by atoms with Crippen molar-refractivity contribution in [3.05, 3.63) is 41.4 Å². The molecule has 0 aliphatic carbocycles. The third-order valence-corrected chi connectivity index (χ3v) is 4.30. The summed E-state index contributed by atoms with van der Waals surface area (Å²) in [4.78, 5) is 5.40. The molecule has 0 aliphatic heterocycles. The van der Waals surface area contributed by atoms with Crippen LogP contribution < -0.4 is 11.3 Å². The third kappa shape index (κ3) is 4.21.